The van der Waals surface area contributed by atoms with Crippen molar-refractivity contribution in [2.75, 3.05) is 13.2 Å². The van der Waals surface area contributed by atoms with E-state index in [4.69, 9.17) is 14.2 Å². The summed E-state index contributed by atoms with van der Waals surface area (Å²) in [5.74, 6) is -1.00. The summed E-state index contributed by atoms with van der Waals surface area (Å²) in [7, 11) is 0. The number of carbonyl (C=O) groups is 3. The Labute approximate surface area is 331 Å². The third-order valence-corrected chi connectivity index (χ3v) is 8.77. The molecule has 0 rings (SSSR count). The van der Waals surface area contributed by atoms with E-state index in [1.165, 1.54) is 64.2 Å². The van der Waals surface area contributed by atoms with Crippen molar-refractivity contribution in [2.24, 2.45) is 0 Å². The third-order valence-electron chi connectivity index (χ3n) is 8.77. The molecule has 0 aliphatic rings. The Kier molecular flexibility index (Phi) is 39.7. The number of unbranched alkanes of at least 4 members (excludes halogenated alkanes) is 16. The Morgan fingerprint density at radius 3 is 1.37 bits per heavy atom. The normalized spacial score (nSPS) is 12.9. The summed E-state index contributed by atoms with van der Waals surface area (Å²) < 4.78 is 16.6. The minimum absolute atomic E-state index is 0.108. The lowest BCUT2D eigenvalue weighted by Gasteiger charge is -2.18. The maximum atomic E-state index is 12.7. The zero-order valence-electron chi connectivity index (χ0n) is 34.7. The molecule has 0 aliphatic carbocycles. The molecule has 0 spiro atoms. The zero-order valence-corrected chi connectivity index (χ0v) is 34.7. The molecule has 0 amide bonds. The highest BCUT2D eigenvalue weighted by atomic mass is 16.6. The van der Waals surface area contributed by atoms with Crippen LogP contribution in [-0.2, 0) is 28.6 Å². The minimum Gasteiger partial charge on any atom is -0.462 e. The van der Waals surface area contributed by atoms with Gasteiger partial charge in [0.05, 0.1) is 0 Å². The number of esters is 3. The summed E-state index contributed by atoms with van der Waals surface area (Å²) in [6.45, 7) is 6.27. The first kappa shape index (κ1) is 50.6. The fourth-order valence-corrected chi connectivity index (χ4v) is 5.57. The first-order valence-corrected chi connectivity index (χ1v) is 21.7. The molecule has 1 atom stereocenters. The molecule has 0 N–H and O–H groups in total. The molecule has 0 fully saturated rings. The van der Waals surface area contributed by atoms with Crippen LogP contribution in [0.15, 0.2) is 85.1 Å². The van der Waals surface area contributed by atoms with E-state index in [2.05, 4.69) is 51.2 Å². The van der Waals surface area contributed by atoms with Crippen LogP contribution in [0.25, 0.3) is 0 Å². The maximum absolute atomic E-state index is 12.7. The predicted molar refractivity (Wildman–Crippen MR) is 228 cm³/mol. The highest BCUT2D eigenvalue weighted by Gasteiger charge is 2.19. The number of allylic oxidation sites excluding steroid dienone is 14. The van der Waals surface area contributed by atoms with Gasteiger partial charge in [-0.05, 0) is 57.8 Å². The van der Waals surface area contributed by atoms with Gasteiger partial charge in [0.15, 0.2) is 6.10 Å². The van der Waals surface area contributed by atoms with Gasteiger partial charge in [-0.25, -0.2) is 0 Å². The topological polar surface area (TPSA) is 78.9 Å². The Hall–Kier alpha value is -3.41. The van der Waals surface area contributed by atoms with Gasteiger partial charge in [0.2, 0.25) is 0 Å². The van der Waals surface area contributed by atoms with Crippen LogP contribution in [0.2, 0.25) is 0 Å². The van der Waals surface area contributed by atoms with Gasteiger partial charge in [-0.2, -0.15) is 0 Å². The average molecular weight is 751 g/mol. The lowest BCUT2D eigenvalue weighted by atomic mass is 10.1. The molecule has 54 heavy (non-hydrogen) atoms. The summed E-state index contributed by atoms with van der Waals surface area (Å²) in [4.78, 5) is 37.6. The molecule has 0 bridgehead atoms. The van der Waals surface area contributed by atoms with Gasteiger partial charge >= 0.3 is 17.9 Å². The molecule has 1 unspecified atom stereocenters. The van der Waals surface area contributed by atoms with E-state index in [0.29, 0.717) is 19.3 Å². The molecule has 306 valence electrons. The summed E-state index contributed by atoms with van der Waals surface area (Å²) >= 11 is 0. The Bertz CT molecular complexity index is 1090. The predicted octanol–water partition coefficient (Wildman–Crippen LogP) is 13.7. The van der Waals surface area contributed by atoms with E-state index in [0.717, 1.165) is 70.6 Å². The van der Waals surface area contributed by atoms with Gasteiger partial charge in [0, 0.05) is 19.3 Å². The molecule has 0 aromatic carbocycles. The molecule has 0 aliphatic heterocycles. The fourth-order valence-electron chi connectivity index (χ4n) is 5.57. The van der Waals surface area contributed by atoms with E-state index in [1.807, 2.05) is 54.7 Å². The Morgan fingerprint density at radius 1 is 0.407 bits per heavy atom. The number of hydrogen-bond donors (Lipinski definition) is 0. The Morgan fingerprint density at radius 2 is 0.833 bits per heavy atom. The molecule has 0 saturated heterocycles. The number of rotatable bonds is 37. The number of carbonyl (C=O) groups excluding carboxylic acids is 3. The summed E-state index contributed by atoms with van der Waals surface area (Å²) in [6, 6.07) is 0. The van der Waals surface area contributed by atoms with Gasteiger partial charge < -0.3 is 14.2 Å². The second-order valence-corrected chi connectivity index (χ2v) is 14.0. The van der Waals surface area contributed by atoms with Crippen LogP contribution >= 0.6 is 0 Å². The van der Waals surface area contributed by atoms with E-state index >= 15 is 0 Å². The lowest BCUT2D eigenvalue weighted by Crippen LogP contribution is -2.30. The quantitative estimate of drug-likeness (QED) is 0.0207. The molecule has 0 radical (unpaired) electrons. The minimum atomic E-state index is -0.812. The SMILES string of the molecule is CC\C=C/C=C\C=C/C=C\C=C/CCCC(=O)OC(COC(=O)CCCCCCCCC/C=C\C/C=C\CC)COC(=O)CCCCCCCCCCC. The van der Waals surface area contributed by atoms with Gasteiger partial charge in [-0.1, -0.05) is 189 Å². The fraction of sp³-hybridized carbons (Fsp3) is 0.646. The van der Waals surface area contributed by atoms with E-state index < -0.39 is 6.10 Å². The van der Waals surface area contributed by atoms with Gasteiger partial charge in [0.1, 0.15) is 13.2 Å². The summed E-state index contributed by atoms with van der Waals surface area (Å²) in [5.41, 5.74) is 0. The standard InChI is InChI=1S/C48H78O6/c1-4-7-10-13-16-19-21-23-25-26-29-32-35-38-41-47(50)53-44-45(43-52-46(49)40-37-34-31-28-18-15-12-9-6-3)54-48(51)42-39-36-33-30-27-24-22-20-17-14-11-8-5-2/h7-8,10-11,14,16-17,19-20,22,24,27,30,33,45H,4-6,9,12-13,15,18,21,23,25-26,28-29,31-32,34-44H2,1-3H3/b10-7-,11-8-,17-14-,19-16-,22-20-,27-24-,33-30-. The highest BCUT2D eigenvalue weighted by Crippen LogP contribution is 2.13. The van der Waals surface area contributed by atoms with Crippen molar-refractivity contribution in [3.63, 3.8) is 0 Å². The van der Waals surface area contributed by atoms with E-state index in [9.17, 15) is 14.4 Å². The summed E-state index contributed by atoms with van der Waals surface area (Å²) in [5, 5.41) is 0. The smallest absolute Gasteiger partial charge is 0.306 e. The maximum Gasteiger partial charge on any atom is 0.306 e. The van der Waals surface area contributed by atoms with Gasteiger partial charge in [0.25, 0.3) is 0 Å². The monoisotopic (exact) mass is 751 g/mol. The number of hydrogen-bond acceptors (Lipinski definition) is 6. The van der Waals surface area contributed by atoms with Crippen LogP contribution in [0.5, 0.6) is 0 Å². The van der Waals surface area contributed by atoms with Crippen molar-refractivity contribution in [2.45, 2.75) is 187 Å². The summed E-state index contributed by atoms with van der Waals surface area (Å²) in [6.07, 6.45) is 52.9. The average Bonchev–Trinajstić information content (AvgIpc) is 3.17. The van der Waals surface area contributed by atoms with Crippen LogP contribution in [0.3, 0.4) is 0 Å². The molecular formula is C48H78O6. The molecule has 0 saturated carbocycles. The first-order valence-electron chi connectivity index (χ1n) is 21.7. The van der Waals surface area contributed by atoms with Crippen molar-refractivity contribution in [1.82, 2.24) is 0 Å². The first-order chi connectivity index (χ1) is 26.5. The van der Waals surface area contributed by atoms with Crippen molar-refractivity contribution >= 4 is 17.9 Å². The third kappa shape index (κ3) is 39.8. The van der Waals surface area contributed by atoms with Crippen LogP contribution in [0.1, 0.15) is 181 Å². The van der Waals surface area contributed by atoms with Crippen molar-refractivity contribution in [3.8, 4) is 0 Å². The largest absolute Gasteiger partial charge is 0.462 e. The van der Waals surface area contributed by atoms with E-state index in [-0.39, 0.29) is 37.5 Å². The molecular weight excluding hydrogens is 673 g/mol. The molecule has 0 heterocycles. The van der Waals surface area contributed by atoms with Crippen molar-refractivity contribution in [3.05, 3.63) is 85.1 Å². The van der Waals surface area contributed by atoms with Crippen LogP contribution in [0, 0.1) is 0 Å². The Balaban J connectivity index is 4.50. The van der Waals surface area contributed by atoms with Crippen molar-refractivity contribution < 1.29 is 28.6 Å². The number of ether oxygens (including phenoxy) is 3. The van der Waals surface area contributed by atoms with Crippen molar-refractivity contribution in [1.29, 1.82) is 0 Å². The second-order valence-electron chi connectivity index (χ2n) is 14.0. The van der Waals surface area contributed by atoms with Gasteiger partial charge in [-0.15, -0.1) is 0 Å². The molecule has 0 aromatic heterocycles. The highest BCUT2D eigenvalue weighted by molar-refractivity contribution is 5.71. The van der Waals surface area contributed by atoms with Crippen LogP contribution < -0.4 is 0 Å². The second kappa shape index (κ2) is 42.3. The zero-order chi connectivity index (χ0) is 39.4. The van der Waals surface area contributed by atoms with Crippen LogP contribution in [-0.4, -0.2) is 37.2 Å². The lowest BCUT2D eigenvalue weighted by molar-refractivity contribution is -0.167. The molecule has 6 nitrogen and oxygen atoms in total. The van der Waals surface area contributed by atoms with Crippen LogP contribution in [0.4, 0.5) is 0 Å². The molecule has 0 aromatic rings. The molecule has 6 heteroatoms. The van der Waals surface area contributed by atoms with Gasteiger partial charge in [-0.3, -0.25) is 14.4 Å². The van der Waals surface area contributed by atoms with E-state index in [1.54, 1.807) is 0 Å².